The number of phenols is 1. The molecule has 4 aliphatic carbocycles. The number of ether oxygens (including phenoxy) is 4. The van der Waals surface area contributed by atoms with Gasteiger partial charge in [-0.3, -0.25) is 24.0 Å². The van der Waals surface area contributed by atoms with Gasteiger partial charge in [0, 0.05) is 71.6 Å². The normalized spacial score (nSPS) is 31.6. The quantitative estimate of drug-likeness (QED) is 0.0308. The second kappa shape index (κ2) is 22.1. The summed E-state index contributed by atoms with van der Waals surface area (Å²) in [5, 5.41) is 48.5. The number of esters is 3. The van der Waals surface area contributed by atoms with Crippen LogP contribution >= 0.6 is 0 Å². The molecule has 5 aliphatic heterocycles. The summed E-state index contributed by atoms with van der Waals surface area (Å²) in [6, 6.07) is 8.37. The van der Waals surface area contributed by atoms with Crippen LogP contribution in [0.5, 0.6) is 23.0 Å². The molecule has 11 rings (SSSR count). The number of benzene rings is 2. The zero-order valence-corrected chi connectivity index (χ0v) is 43.2. The van der Waals surface area contributed by atoms with E-state index in [0.29, 0.717) is 54.5 Å². The van der Waals surface area contributed by atoms with Crippen LogP contribution in [0, 0.1) is 11.8 Å². The van der Waals surface area contributed by atoms with Crippen molar-refractivity contribution in [3.8, 4) is 23.0 Å². The predicted molar refractivity (Wildman–Crippen MR) is 217 cm³/mol. The van der Waals surface area contributed by atoms with E-state index in [9.17, 15) is 34.5 Å². The Morgan fingerprint density at radius 3 is 1.80 bits per heavy atom. The van der Waals surface area contributed by atoms with E-state index in [0.717, 1.165) is 44.3 Å². The molecule has 4 bridgehead atoms. The molecule has 3 fully saturated rings. The van der Waals surface area contributed by atoms with Gasteiger partial charge in [0.2, 0.25) is 0 Å². The van der Waals surface area contributed by atoms with Gasteiger partial charge in [-0.15, -0.1) is 0 Å². The van der Waals surface area contributed by atoms with E-state index in [1.54, 1.807) is 12.1 Å². The largest absolute Gasteiger partial charge is 1.00 e. The molecule has 2 aromatic carbocycles. The van der Waals surface area contributed by atoms with Crippen LogP contribution in [-0.2, 0) is 57.3 Å². The molecule has 65 heavy (non-hydrogen) atoms. The third-order valence-electron chi connectivity index (χ3n) is 14.3. The fraction of sp³-hybridized carbons (Fsp3) is 0.533. The van der Waals surface area contributed by atoms with E-state index in [4.69, 9.17) is 29.4 Å². The minimum absolute atomic E-state index is 0. The molecular formula is C45H54K2N2O16. The molecule has 2 aromatic rings. The first-order valence-corrected chi connectivity index (χ1v) is 21.1. The predicted octanol–water partition coefficient (Wildman–Crippen LogP) is -5.18. The van der Waals surface area contributed by atoms with Crippen molar-refractivity contribution in [2.75, 3.05) is 27.2 Å². The summed E-state index contributed by atoms with van der Waals surface area (Å²) < 4.78 is 22.2. The Labute approximate surface area is 462 Å². The number of rotatable bonds is 6. The second-order valence-electron chi connectivity index (χ2n) is 17.5. The zero-order valence-electron chi connectivity index (χ0n) is 38.0. The molecule has 0 amide bonds. The van der Waals surface area contributed by atoms with E-state index in [1.807, 2.05) is 24.3 Å². The number of cyclic esters (lactones) is 2. The number of likely N-dealkylation sites (N-methyl/N-ethyl adjacent to an activating group) is 2. The topological polar surface area (TPSA) is 273 Å². The van der Waals surface area contributed by atoms with Crippen LogP contribution in [0.1, 0.15) is 75.0 Å². The van der Waals surface area contributed by atoms with Gasteiger partial charge in [0.15, 0.2) is 23.0 Å². The molecule has 342 valence electrons. The second-order valence-corrected chi connectivity index (χ2v) is 17.5. The molecule has 20 heteroatoms. The molecule has 10 atom stereocenters. The Morgan fingerprint density at radius 2 is 1.32 bits per heavy atom. The number of piperidine rings is 2. The van der Waals surface area contributed by atoms with Crippen molar-refractivity contribution in [2.45, 2.75) is 112 Å². The van der Waals surface area contributed by atoms with Crippen LogP contribution in [0.15, 0.2) is 48.6 Å². The maximum absolute atomic E-state index is 12.3. The summed E-state index contributed by atoms with van der Waals surface area (Å²) in [6.07, 6.45) is 11.5. The zero-order chi connectivity index (χ0) is 44.1. The molecule has 18 nitrogen and oxygen atoms in total. The molecule has 0 saturated carbocycles. The third kappa shape index (κ3) is 9.75. The molecule has 0 aromatic heterocycles. The number of likely N-dealkylation sites (tertiary alicyclic amines) is 2. The standard InChI is InChI=1S/C22H25NO6.C17H19NO3.C5H6O3.CH2O3.2K.H2O.H/c1-23-10-9-22-13-6-7-15(24)21(22)29-20-16(28-18(27)4-2-3-17(25)26)8-5-12(19(20)22)11-14(13)23;1-18-7-6-17-10-3-5-13(20)16(17)21-15-12(19)4-2-9(14(15)17)8-11(10)18;6-4-2-1-3-5(7)8-4;2-1-4-3;;;;/h5-8,13-15,21,24H,2-4,9-11H2,1H3,(H,25,26);2-5,10-11,13,16,19-20H,6-8H2,1H3;1-3H2;1,3H;;;1H2;/q;;;;2*+1;;-1/p-1/t13-,14+,15-,21-,22-;10-,11+,13-,16-,17-;;;;;;/m00....../s1. The van der Waals surface area contributed by atoms with Crippen molar-refractivity contribution in [1.29, 1.82) is 0 Å². The minimum Gasteiger partial charge on any atom is -1.00 e. The van der Waals surface area contributed by atoms with Gasteiger partial charge in [0.05, 0.1) is 0 Å². The Balaban J connectivity index is 0.000000225. The molecule has 9 aliphatic rings. The van der Waals surface area contributed by atoms with E-state index >= 15 is 0 Å². The van der Waals surface area contributed by atoms with Crippen molar-refractivity contribution in [3.63, 3.8) is 0 Å². The van der Waals surface area contributed by atoms with Crippen LogP contribution in [0.4, 0.5) is 0 Å². The summed E-state index contributed by atoms with van der Waals surface area (Å²) in [7, 11) is 4.34. The molecule has 0 radical (unpaired) electrons. The summed E-state index contributed by atoms with van der Waals surface area (Å²) in [5.41, 5.74) is 4.29. The van der Waals surface area contributed by atoms with Crippen LogP contribution in [0.2, 0.25) is 0 Å². The van der Waals surface area contributed by atoms with Gasteiger partial charge in [-0.2, -0.15) is 0 Å². The van der Waals surface area contributed by atoms with Gasteiger partial charge in [-0.05, 0) is 89.0 Å². The van der Waals surface area contributed by atoms with Gasteiger partial charge in [0.1, 0.15) is 24.4 Å². The van der Waals surface area contributed by atoms with E-state index in [2.05, 4.69) is 45.7 Å². The summed E-state index contributed by atoms with van der Waals surface area (Å²) in [6.45, 7) is 1.76. The number of aromatic hydroxyl groups is 1. The third-order valence-corrected chi connectivity index (χ3v) is 14.3. The van der Waals surface area contributed by atoms with Crippen molar-refractivity contribution in [2.24, 2.45) is 11.8 Å². The number of hydrogen-bond donors (Lipinski definition) is 4. The first-order chi connectivity index (χ1) is 29.7. The minimum atomic E-state index is -0.930. The first kappa shape index (κ1) is 53.9. The van der Waals surface area contributed by atoms with Crippen molar-refractivity contribution in [1.82, 2.24) is 9.80 Å². The van der Waals surface area contributed by atoms with Gasteiger partial charge >= 0.3 is 127 Å². The van der Waals surface area contributed by atoms with E-state index in [-0.39, 0.29) is 182 Å². The number of aliphatic carboxylic acids is 1. The Morgan fingerprint density at radius 1 is 0.831 bits per heavy atom. The van der Waals surface area contributed by atoms with Gasteiger partial charge < -0.3 is 66.2 Å². The number of aliphatic hydroxyl groups is 2. The molecule has 5 heterocycles. The van der Waals surface area contributed by atoms with Crippen molar-refractivity contribution < 1.29 is 183 Å². The van der Waals surface area contributed by atoms with Crippen LogP contribution < -0.4 is 122 Å². The Hall–Kier alpha value is -2.10. The average molecular weight is 957 g/mol. The molecule has 0 unspecified atom stereocenters. The number of phenolic OH excluding ortho intramolecular Hbond substituents is 1. The van der Waals surface area contributed by atoms with Crippen LogP contribution in [0.3, 0.4) is 0 Å². The number of aliphatic hydroxyl groups excluding tert-OH is 2. The fourth-order valence-corrected chi connectivity index (χ4v) is 11.7. The number of carbonyl (C=O) groups is 5. The van der Waals surface area contributed by atoms with Gasteiger partial charge in [0.25, 0.3) is 6.47 Å². The monoisotopic (exact) mass is 956 g/mol. The smallest absolute Gasteiger partial charge is 1.00 e. The van der Waals surface area contributed by atoms with Crippen LogP contribution in [-0.4, -0.2) is 130 Å². The van der Waals surface area contributed by atoms with Gasteiger partial charge in [-0.1, -0.05) is 36.4 Å². The van der Waals surface area contributed by atoms with Crippen LogP contribution in [0.25, 0.3) is 0 Å². The van der Waals surface area contributed by atoms with Crippen molar-refractivity contribution in [3.05, 3.63) is 70.8 Å². The average Bonchev–Trinajstić information content (AvgIpc) is 3.79. The molecule has 6 N–H and O–H groups in total. The SMILES string of the molecule is CN1CC[C@]23c4c5ccc(O)c4O[C@H]2[C@@H](O)C=C[C@H]3[C@H]1C5.CN1CC[C@]23c4c5ccc(OC(=O)CCCC(=O)O)c4O[C@H]2[C@@H](O)C=C[C@H]3[C@H]1C5.O.O=C1CCCC(=O)O1.O=CO[O-].[H-].[K+].[K+]. The molecule has 2 spiro atoms. The Bertz CT molecular complexity index is 2200. The maximum atomic E-state index is 12.3. The summed E-state index contributed by atoms with van der Waals surface area (Å²) in [4.78, 5) is 59.5. The Kier molecular flexibility index (Phi) is 18.3. The number of carbonyl (C=O) groups excluding carboxylic acids is 4. The number of carboxylic acid groups (broad SMARTS) is 1. The molecular weight excluding hydrogens is 903 g/mol. The number of carboxylic acids is 1. The van der Waals surface area contributed by atoms with E-state index < -0.39 is 24.1 Å². The van der Waals surface area contributed by atoms with Gasteiger partial charge in [-0.25, -0.2) is 0 Å². The first-order valence-electron chi connectivity index (χ1n) is 21.1. The summed E-state index contributed by atoms with van der Waals surface area (Å²) >= 11 is 0. The summed E-state index contributed by atoms with van der Waals surface area (Å²) in [5.74, 6) is 0.222. The molecule has 3 saturated heterocycles. The number of hydrogen-bond acceptors (Lipinski definition) is 16. The van der Waals surface area contributed by atoms with E-state index in [1.165, 1.54) is 16.7 Å². The van der Waals surface area contributed by atoms with Crippen molar-refractivity contribution >= 4 is 30.3 Å². The fourth-order valence-electron chi connectivity index (χ4n) is 11.7. The number of nitrogens with zero attached hydrogens (tertiary/aromatic N) is 2. The maximum Gasteiger partial charge on any atom is 1.00 e.